The number of hydrogen-bond acceptors (Lipinski definition) is 6. The molecule has 0 aliphatic carbocycles. The molecule has 0 saturated carbocycles. The standard InChI is InChI=1S/C32H27F6N5O2S/c1-4-26(44)43-16(2)12-41(13-17(43)3)30-23-9-24(32(36,37)38)27(22-6-5-20(33)8-25(22)35)29-28(23)42(31(45)40-30)14-19(15-46-29)18-7-21(34)11-39-10-18/h4-11,16-17,19H,1,12-15H2,2-3H3/t16-,17+,19-/m0/s1. The van der Waals surface area contributed by atoms with Gasteiger partial charge in [-0.05, 0) is 49.8 Å². The Labute approximate surface area is 263 Å². The van der Waals surface area contributed by atoms with Crippen LogP contribution in [-0.4, -0.2) is 56.3 Å². The minimum atomic E-state index is -4.99. The molecule has 14 heteroatoms. The molecule has 7 nitrogen and oxygen atoms in total. The average molecular weight is 660 g/mol. The quantitative estimate of drug-likeness (QED) is 0.187. The third-order valence-electron chi connectivity index (χ3n) is 8.38. The van der Waals surface area contributed by atoms with Crippen LogP contribution in [-0.2, 0) is 17.5 Å². The van der Waals surface area contributed by atoms with Crippen molar-refractivity contribution in [1.82, 2.24) is 19.4 Å². The minimum absolute atomic E-state index is 0.00149. The van der Waals surface area contributed by atoms with Gasteiger partial charge in [-0.2, -0.15) is 18.2 Å². The molecule has 2 aliphatic rings. The van der Waals surface area contributed by atoms with Crippen molar-refractivity contribution in [3.8, 4) is 11.1 Å². The summed E-state index contributed by atoms with van der Waals surface area (Å²) in [4.78, 5) is 37.8. The van der Waals surface area contributed by atoms with E-state index in [-0.39, 0.29) is 52.9 Å². The number of thioether (sulfide) groups is 1. The molecule has 0 unspecified atom stereocenters. The van der Waals surface area contributed by atoms with E-state index in [1.54, 1.807) is 23.6 Å². The zero-order chi connectivity index (χ0) is 33.1. The van der Waals surface area contributed by atoms with Gasteiger partial charge in [-0.1, -0.05) is 6.58 Å². The van der Waals surface area contributed by atoms with Crippen LogP contribution in [0.3, 0.4) is 0 Å². The van der Waals surface area contributed by atoms with Crippen LogP contribution in [0.4, 0.5) is 32.2 Å². The van der Waals surface area contributed by atoms with Gasteiger partial charge >= 0.3 is 11.9 Å². The van der Waals surface area contributed by atoms with Crippen molar-refractivity contribution < 1.29 is 31.1 Å². The molecule has 46 heavy (non-hydrogen) atoms. The number of nitrogens with zero attached hydrogens (tertiary/aromatic N) is 5. The van der Waals surface area contributed by atoms with Gasteiger partial charge in [0, 0.05) is 77.1 Å². The third-order valence-corrected chi connectivity index (χ3v) is 9.64. The SMILES string of the molecule is C=CC(=O)N1[C@H](C)CN(c2nc(=O)n3c4c(c(-c5ccc(F)cc5F)c(C(F)(F)F)cc24)SC[C@@H](c2cncc(F)c2)C3)C[C@@H]1C. The predicted molar refractivity (Wildman–Crippen MR) is 162 cm³/mol. The Hall–Kier alpha value is -4.33. The highest BCUT2D eigenvalue weighted by Crippen LogP contribution is 2.50. The van der Waals surface area contributed by atoms with Crippen molar-refractivity contribution in [2.24, 2.45) is 0 Å². The summed E-state index contributed by atoms with van der Waals surface area (Å²) in [7, 11) is 0. The number of rotatable bonds is 4. The fourth-order valence-corrected chi connectivity index (χ4v) is 7.86. The molecule has 0 bridgehead atoms. The number of pyridine rings is 1. The molecule has 240 valence electrons. The molecule has 0 spiro atoms. The number of alkyl halides is 3. The Balaban J connectivity index is 1.65. The highest BCUT2D eigenvalue weighted by atomic mass is 32.2. The minimum Gasteiger partial charge on any atom is -0.352 e. The Morgan fingerprint density at radius 1 is 1.02 bits per heavy atom. The van der Waals surface area contributed by atoms with Crippen molar-refractivity contribution in [3.63, 3.8) is 0 Å². The maximum absolute atomic E-state index is 15.3. The van der Waals surface area contributed by atoms with E-state index in [0.29, 0.717) is 11.6 Å². The molecule has 0 N–H and O–H groups in total. The number of benzene rings is 2. The van der Waals surface area contributed by atoms with Crippen LogP contribution in [0.5, 0.6) is 0 Å². The molecule has 3 atom stereocenters. The van der Waals surface area contributed by atoms with E-state index in [2.05, 4.69) is 16.5 Å². The molecule has 1 amide bonds. The molecular weight excluding hydrogens is 632 g/mol. The van der Waals surface area contributed by atoms with Gasteiger partial charge in [0.15, 0.2) is 0 Å². The lowest BCUT2D eigenvalue weighted by Crippen LogP contribution is -2.58. The van der Waals surface area contributed by atoms with Crippen molar-refractivity contribution in [1.29, 1.82) is 0 Å². The Bertz CT molecular complexity index is 1940. The van der Waals surface area contributed by atoms with Crippen molar-refractivity contribution in [3.05, 3.63) is 94.4 Å². The lowest BCUT2D eigenvalue weighted by atomic mass is 9.95. The van der Waals surface area contributed by atoms with Crippen LogP contribution < -0.4 is 10.6 Å². The van der Waals surface area contributed by atoms with Gasteiger partial charge in [-0.15, -0.1) is 11.8 Å². The number of halogens is 6. The van der Waals surface area contributed by atoms with E-state index in [4.69, 9.17) is 0 Å². The Morgan fingerprint density at radius 3 is 2.37 bits per heavy atom. The smallest absolute Gasteiger partial charge is 0.352 e. The highest BCUT2D eigenvalue weighted by Gasteiger charge is 2.40. The van der Waals surface area contributed by atoms with E-state index < -0.39 is 64.0 Å². The van der Waals surface area contributed by atoms with E-state index in [9.17, 15) is 31.5 Å². The molecule has 2 aliphatic heterocycles. The van der Waals surface area contributed by atoms with Crippen molar-refractivity contribution in [2.45, 2.75) is 49.5 Å². The van der Waals surface area contributed by atoms with E-state index >= 15 is 4.39 Å². The first kappa shape index (κ1) is 31.6. The lowest BCUT2D eigenvalue weighted by molar-refractivity contribution is -0.137. The summed E-state index contributed by atoms with van der Waals surface area (Å²) < 4.78 is 89.5. The van der Waals surface area contributed by atoms with Gasteiger partial charge in [0.25, 0.3) is 0 Å². The zero-order valence-corrected chi connectivity index (χ0v) is 25.4. The summed E-state index contributed by atoms with van der Waals surface area (Å²) in [6.45, 7) is 7.34. The summed E-state index contributed by atoms with van der Waals surface area (Å²) >= 11 is 0.967. The molecule has 2 aromatic carbocycles. The predicted octanol–water partition coefficient (Wildman–Crippen LogP) is 6.40. The maximum atomic E-state index is 15.3. The fourth-order valence-electron chi connectivity index (χ4n) is 6.47. The second kappa shape index (κ2) is 11.8. The van der Waals surface area contributed by atoms with E-state index in [1.807, 2.05) is 0 Å². The number of anilines is 1. The second-order valence-corrected chi connectivity index (χ2v) is 12.5. The monoisotopic (exact) mass is 659 g/mol. The van der Waals surface area contributed by atoms with Crippen LogP contribution in [0, 0.1) is 17.5 Å². The van der Waals surface area contributed by atoms with Gasteiger partial charge < -0.3 is 9.80 Å². The van der Waals surface area contributed by atoms with E-state index in [0.717, 1.165) is 36.2 Å². The first-order valence-electron chi connectivity index (χ1n) is 14.4. The number of amides is 1. The lowest BCUT2D eigenvalue weighted by Gasteiger charge is -2.44. The third kappa shape index (κ3) is 5.52. The van der Waals surface area contributed by atoms with Gasteiger partial charge in [-0.3, -0.25) is 14.3 Å². The molecule has 1 saturated heterocycles. The first-order chi connectivity index (χ1) is 21.8. The number of piperazine rings is 1. The van der Waals surface area contributed by atoms with Crippen LogP contribution in [0.15, 0.2) is 65.1 Å². The highest BCUT2D eigenvalue weighted by molar-refractivity contribution is 7.99. The number of aromatic nitrogens is 3. The first-order valence-corrected chi connectivity index (χ1v) is 15.3. The molecule has 0 radical (unpaired) electrons. The molecule has 4 aromatic rings. The Morgan fingerprint density at radius 2 is 1.74 bits per heavy atom. The van der Waals surface area contributed by atoms with Crippen LogP contribution in [0.1, 0.15) is 30.9 Å². The van der Waals surface area contributed by atoms with Crippen LogP contribution in [0.2, 0.25) is 0 Å². The van der Waals surface area contributed by atoms with Crippen LogP contribution in [0.25, 0.3) is 22.0 Å². The van der Waals surface area contributed by atoms with Gasteiger partial charge in [0.05, 0.1) is 17.3 Å². The maximum Gasteiger partial charge on any atom is 0.417 e. The number of carbonyl (C=O) groups is 1. The molecule has 4 heterocycles. The molecule has 2 aromatic heterocycles. The topological polar surface area (TPSA) is 71.3 Å². The molecule has 6 rings (SSSR count). The van der Waals surface area contributed by atoms with Crippen LogP contribution >= 0.6 is 11.8 Å². The van der Waals surface area contributed by atoms with Gasteiger partial charge in [0.1, 0.15) is 23.3 Å². The number of carbonyl (C=O) groups excluding carboxylic acids is 1. The van der Waals surface area contributed by atoms with Crippen molar-refractivity contribution in [2.75, 3.05) is 23.7 Å². The summed E-state index contributed by atoms with van der Waals surface area (Å²) in [5, 5.41) is 0.00149. The van der Waals surface area contributed by atoms with Gasteiger partial charge in [0.2, 0.25) is 5.91 Å². The van der Waals surface area contributed by atoms with Crippen molar-refractivity contribution >= 4 is 34.4 Å². The average Bonchev–Trinajstić information content (AvgIpc) is 3.19. The summed E-state index contributed by atoms with van der Waals surface area (Å²) in [6.07, 6.45) is -1.37. The fraction of sp³-hybridized carbons (Fsp3) is 0.312. The molecule has 1 fully saturated rings. The zero-order valence-electron chi connectivity index (χ0n) is 24.6. The van der Waals surface area contributed by atoms with Gasteiger partial charge in [-0.25, -0.2) is 18.0 Å². The Kier molecular flexibility index (Phi) is 8.11. The largest absolute Gasteiger partial charge is 0.417 e. The number of hydrogen-bond donors (Lipinski definition) is 0. The van der Waals surface area contributed by atoms with E-state index in [1.165, 1.54) is 22.9 Å². The molecular formula is C32H27F6N5O2S. The summed E-state index contributed by atoms with van der Waals surface area (Å²) in [5.74, 6) is -3.60. The summed E-state index contributed by atoms with van der Waals surface area (Å²) in [6, 6.07) is 3.61. The second-order valence-electron chi connectivity index (χ2n) is 11.5. The normalized spacial score (nSPS) is 20.1. The summed E-state index contributed by atoms with van der Waals surface area (Å²) in [5.41, 5.74) is -2.46.